The van der Waals surface area contributed by atoms with Gasteiger partial charge in [-0.15, -0.1) is 0 Å². The Kier molecular flexibility index (Phi) is 5.11. The number of nitrogens with two attached hydrogens (primary N) is 1. The number of nitrogen functional groups attached to an aromatic ring is 1. The molecule has 1 aromatic rings. The Morgan fingerprint density at radius 3 is 2.76 bits per heavy atom. The van der Waals surface area contributed by atoms with Gasteiger partial charge in [0.25, 0.3) is 0 Å². The van der Waals surface area contributed by atoms with Gasteiger partial charge in [-0.3, -0.25) is 4.79 Å². The summed E-state index contributed by atoms with van der Waals surface area (Å²) >= 11 is 0. The third-order valence-corrected chi connectivity index (χ3v) is 4.41. The van der Waals surface area contributed by atoms with Crippen LogP contribution in [0.25, 0.3) is 0 Å². The number of nitrogens with zero attached hydrogens (tertiary/aromatic N) is 4. The van der Waals surface area contributed by atoms with Crippen LogP contribution in [0.3, 0.4) is 0 Å². The number of carbonyl (C=O) groups is 1. The Bertz CT molecular complexity index is 788. The molecule has 1 aromatic heterocycles. The molecule has 0 radical (unpaired) electrons. The second-order valence-electron chi connectivity index (χ2n) is 6.27. The second kappa shape index (κ2) is 7.46. The topological polar surface area (TPSA) is 88.3 Å². The van der Waals surface area contributed by atoms with Crippen molar-refractivity contribution in [1.82, 2.24) is 15.1 Å². The number of anilines is 1. The van der Waals surface area contributed by atoms with E-state index in [1.807, 2.05) is 19.1 Å². The fraction of sp³-hybridized carbons (Fsp3) is 0.444. The van der Waals surface area contributed by atoms with Gasteiger partial charge in [-0.05, 0) is 19.4 Å². The lowest BCUT2D eigenvalue weighted by Crippen LogP contribution is -2.31. The molecule has 3 rings (SSSR count). The van der Waals surface area contributed by atoms with Gasteiger partial charge >= 0.3 is 0 Å². The predicted octanol–water partition coefficient (Wildman–Crippen LogP) is 1.78. The average molecular weight is 341 g/mol. The number of piperidine rings is 1. The molecule has 1 amide bonds. The smallest absolute Gasteiger partial charge is 0.221 e. The normalized spacial score (nSPS) is 19.3. The van der Waals surface area contributed by atoms with Crippen molar-refractivity contribution < 1.29 is 9.37 Å². The molecule has 0 spiro atoms. The van der Waals surface area contributed by atoms with E-state index in [2.05, 4.69) is 26.1 Å². The van der Waals surface area contributed by atoms with Gasteiger partial charge in [0.2, 0.25) is 11.6 Å². The summed E-state index contributed by atoms with van der Waals surface area (Å²) in [6.45, 7) is 6.26. The fourth-order valence-corrected chi connectivity index (χ4v) is 3.11. The summed E-state index contributed by atoms with van der Waals surface area (Å²) < 4.78 is 4.04. The number of hydrogen-bond acceptors (Lipinski definition) is 4. The third-order valence-electron chi connectivity index (χ3n) is 4.41. The first-order valence-electron chi connectivity index (χ1n) is 8.78. The van der Waals surface area contributed by atoms with E-state index >= 15 is 0 Å². The molecule has 0 bridgehead atoms. The van der Waals surface area contributed by atoms with Crippen molar-refractivity contribution in [3.63, 3.8) is 0 Å². The predicted molar refractivity (Wildman–Crippen MR) is 99.3 cm³/mol. The van der Waals surface area contributed by atoms with Crippen LogP contribution in [0.5, 0.6) is 0 Å². The maximum absolute atomic E-state index is 11.6. The molecule has 1 aliphatic carbocycles. The van der Waals surface area contributed by atoms with Gasteiger partial charge in [0, 0.05) is 38.5 Å². The SMILES string of the molecule is CCn1ncc(/N=C2/C=CC(=[N+]3CCCCC3)C=C2NC(C)=O)c1N. The minimum absolute atomic E-state index is 0.121. The van der Waals surface area contributed by atoms with E-state index in [9.17, 15) is 4.79 Å². The molecule has 0 aromatic carbocycles. The van der Waals surface area contributed by atoms with Crippen LogP contribution in [0.1, 0.15) is 33.1 Å². The lowest BCUT2D eigenvalue weighted by atomic mass is 10.1. The maximum Gasteiger partial charge on any atom is 0.221 e. The monoisotopic (exact) mass is 341 g/mol. The number of aromatic nitrogens is 2. The molecule has 0 unspecified atom stereocenters. The number of aliphatic imine (C=N–C) groups is 1. The summed E-state index contributed by atoms with van der Waals surface area (Å²) in [6.07, 6.45) is 11.3. The average Bonchev–Trinajstić information content (AvgIpc) is 2.96. The Morgan fingerprint density at radius 1 is 1.36 bits per heavy atom. The Balaban J connectivity index is 1.96. The van der Waals surface area contributed by atoms with E-state index in [-0.39, 0.29) is 5.91 Å². The van der Waals surface area contributed by atoms with Gasteiger partial charge in [0.05, 0.1) is 17.6 Å². The molecule has 3 N–H and O–H groups in total. The van der Waals surface area contributed by atoms with Crippen LogP contribution in [0.15, 0.2) is 35.1 Å². The van der Waals surface area contributed by atoms with Crippen LogP contribution in [0, 0.1) is 0 Å². The van der Waals surface area contributed by atoms with Crippen molar-refractivity contribution in [2.45, 2.75) is 39.7 Å². The molecule has 25 heavy (non-hydrogen) atoms. The summed E-state index contributed by atoms with van der Waals surface area (Å²) in [4.78, 5) is 16.2. The molecule has 2 aliphatic rings. The minimum atomic E-state index is -0.121. The van der Waals surface area contributed by atoms with Crippen LogP contribution in [0.2, 0.25) is 0 Å². The van der Waals surface area contributed by atoms with Gasteiger partial charge in [0.1, 0.15) is 24.6 Å². The zero-order valence-corrected chi connectivity index (χ0v) is 14.8. The van der Waals surface area contributed by atoms with E-state index in [0.29, 0.717) is 29.5 Å². The first kappa shape index (κ1) is 17.1. The number of aryl methyl sites for hydroxylation is 1. The summed E-state index contributed by atoms with van der Waals surface area (Å²) in [5.41, 5.74) is 9.16. The van der Waals surface area contributed by atoms with Gasteiger partial charge in [-0.25, -0.2) is 14.2 Å². The fourth-order valence-electron chi connectivity index (χ4n) is 3.11. The number of amides is 1. The number of rotatable bonds is 3. The first-order chi connectivity index (χ1) is 12.1. The van der Waals surface area contributed by atoms with Crippen LogP contribution >= 0.6 is 0 Å². The van der Waals surface area contributed by atoms with Gasteiger partial charge in [-0.1, -0.05) is 0 Å². The molecule has 0 saturated carbocycles. The number of nitrogens with one attached hydrogen (secondary N) is 1. The zero-order chi connectivity index (χ0) is 17.8. The number of carbonyl (C=O) groups excluding carboxylic acids is 1. The van der Waals surface area contributed by atoms with E-state index < -0.39 is 0 Å². The third kappa shape index (κ3) is 3.87. The maximum atomic E-state index is 11.6. The van der Waals surface area contributed by atoms with Crippen LogP contribution in [-0.2, 0) is 11.3 Å². The lowest BCUT2D eigenvalue weighted by Gasteiger charge is -2.15. The van der Waals surface area contributed by atoms with Crippen LogP contribution < -0.4 is 11.1 Å². The molecule has 1 aliphatic heterocycles. The van der Waals surface area contributed by atoms with E-state index in [1.54, 1.807) is 10.9 Å². The molecule has 1 saturated heterocycles. The van der Waals surface area contributed by atoms with E-state index in [0.717, 1.165) is 18.8 Å². The highest BCUT2D eigenvalue weighted by Crippen LogP contribution is 2.23. The lowest BCUT2D eigenvalue weighted by molar-refractivity contribution is -0.535. The van der Waals surface area contributed by atoms with E-state index in [4.69, 9.17) is 5.73 Å². The quantitative estimate of drug-likeness (QED) is 0.649. The largest absolute Gasteiger partial charge is 0.382 e. The van der Waals surface area contributed by atoms with Crippen LogP contribution in [-0.4, -0.2) is 44.8 Å². The van der Waals surface area contributed by atoms with Gasteiger partial charge < -0.3 is 11.1 Å². The zero-order valence-electron chi connectivity index (χ0n) is 14.8. The Labute approximate surface area is 147 Å². The highest BCUT2D eigenvalue weighted by molar-refractivity contribution is 6.21. The van der Waals surface area contributed by atoms with Gasteiger partial charge in [0.15, 0.2) is 0 Å². The van der Waals surface area contributed by atoms with Crippen molar-refractivity contribution in [1.29, 1.82) is 0 Å². The van der Waals surface area contributed by atoms with Crippen molar-refractivity contribution >= 4 is 28.8 Å². The molecule has 2 heterocycles. The van der Waals surface area contributed by atoms with Crippen molar-refractivity contribution in [3.05, 3.63) is 30.1 Å². The minimum Gasteiger partial charge on any atom is -0.382 e. The summed E-state index contributed by atoms with van der Waals surface area (Å²) in [5.74, 6) is 0.404. The molecule has 1 fully saturated rings. The van der Waals surface area contributed by atoms with E-state index in [1.165, 1.54) is 26.2 Å². The van der Waals surface area contributed by atoms with Crippen LogP contribution in [0.4, 0.5) is 11.5 Å². The highest BCUT2D eigenvalue weighted by atomic mass is 16.1. The Morgan fingerprint density at radius 2 is 2.12 bits per heavy atom. The second-order valence-corrected chi connectivity index (χ2v) is 6.27. The molecule has 7 nitrogen and oxygen atoms in total. The molecule has 132 valence electrons. The summed E-state index contributed by atoms with van der Waals surface area (Å²) in [5, 5.41) is 7.10. The first-order valence-corrected chi connectivity index (χ1v) is 8.78. The number of hydrogen-bond donors (Lipinski definition) is 2. The molecular weight excluding hydrogens is 316 g/mol. The van der Waals surface area contributed by atoms with Crippen molar-refractivity contribution in [2.24, 2.45) is 4.99 Å². The summed E-state index contributed by atoms with van der Waals surface area (Å²) in [7, 11) is 0. The molecular formula is C18H25N6O+. The highest BCUT2D eigenvalue weighted by Gasteiger charge is 2.21. The van der Waals surface area contributed by atoms with Crippen molar-refractivity contribution in [3.8, 4) is 0 Å². The Hall–Kier alpha value is -2.70. The van der Waals surface area contributed by atoms with Crippen molar-refractivity contribution in [2.75, 3.05) is 18.8 Å². The summed E-state index contributed by atoms with van der Waals surface area (Å²) in [6, 6.07) is 0. The van der Waals surface area contributed by atoms with Gasteiger partial charge in [-0.2, -0.15) is 5.10 Å². The standard InChI is InChI=1S/C18H24N6O/c1-3-24-18(19)17(12-20-24)22-15-8-7-14(11-16(15)21-13(2)25)23-9-5-4-6-10-23/h7-8,11-12H,3-6,9-10H2,1-2H3,(H2,19,20,21,25)/p+1. The molecule has 0 atom stereocenters. The molecule has 7 heteroatoms. The number of allylic oxidation sites excluding steroid dienone is 3.